The number of urea groups is 1. The Hall–Kier alpha value is -1.89. The van der Waals surface area contributed by atoms with Crippen LogP contribution in [0.15, 0.2) is 6.07 Å². The number of hydrogen-bond acceptors (Lipinski definition) is 5. The Labute approximate surface area is 146 Å². The molecule has 0 aliphatic heterocycles. The van der Waals surface area contributed by atoms with E-state index in [2.05, 4.69) is 10.6 Å². The first-order valence-electron chi connectivity index (χ1n) is 8.42. The van der Waals surface area contributed by atoms with Crippen LogP contribution in [-0.4, -0.2) is 30.6 Å². The molecule has 3 amide bonds. The van der Waals surface area contributed by atoms with Crippen molar-refractivity contribution in [1.82, 2.24) is 10.6 Å². The van der Waals surface area contributed by atoms with E-state index in [9.17, 15) is 14.4 Å². The van der Waals surface area contributed by atoms with E-state index in [1.165, 1.54) is 41.5 Å². The first-order valence-corrected chi connectivity index (χ1v) is 9.24. The fraction of sp³-hybridized carbons (Fsp3) is 0.588. The molecule has 2 rings (SSSR count). The number of hydrogen-bond donors (Lipinski definition) is 2. The van der Waals surface area contributed by atoms with Gasteiger partial charge in [0.15, 0.2) is 6.10 Å². The Morgan fingerprint density at radius 3 is 2.62 bits per heavy atom. The third kappa shape index (κ3) is 5.06. The van der Waals surface area contributed by atoms with Crippen molar-refractivity contribution < 1.29 is 19.1 Å². The van der Waals surface area contributed by atoms with Crippen LogP contribution in [0.1, 0.15) is 59.6 Å². The van der Waals surface area contributed by atoms with E-state index >= 15 is 0 Å². The van der Waals surface area contributed by atoms with Gasteiger partial charge in [-0.1, -0.05) is 12.8 Å². The number of imide groups is 1. The zero-order valence-corrected chi connectivity index (χ0v) is 15.0. The van der Waals surface area contributed by atoms with Crippen LogP contribution in [0.2, 0.25) is 0 Å². The molecule has 1 atom stereocenters. The van der Waals surface area contributed by atoms with E-state index in [0.29, 0.717) is 11.4 Å². The van der Waals surface area contributed by atoms with Crippen LogP contribution in [0.3, 0.4) is 0 Å². The first-order chi connectivity index (χ1) is 11.5. The van der Waals surface area contributed by atoms with Crippen molar-refractivity contribution in [3.05, 3.63) is 21.4 Å². The lowest BCUT2D eigenvalue weighted by molar-refractivity contribution is -0.127. The maximum Gasteiger partial charge on any atom is 0.349 e. The monoisotopic (exact) mass is 352 g/mol. The van der Waals surface area contributed by atoms with Crippen LogP contribution in [0.5, 0.6) is 0 Å². The highest BCUT2D eigenvalue weighted by Gasteiger charge is 2.23. The Balaban J connectivity index is 1.95. The molecule has 0 saturated carbocycles. The van der Waals surface area contributed by atoms with E-state index in [-0.39, 0.29) is 0 Å². The summed E-state index contributed by atoms with van der Waals surface area (Å²) in [4.78, 5) is 37.2. The molecule has 0 radical (unpaired) electrons. The molecule has 24 heavy (non-hydrogen) atoms. The van der Waals surface area contributed by atoms with Gasteiger partial charge in [-0.05, 0) is 51.2 Å². The van der Waals surface area contributed by atoms with Crippen molar-refractivity contribution in [3.63, 3.8) is 0 Å². The second-order valence-corrected chi connectivity index (χ2v) is 7.01. The molecule has 0 spiro atoms. The molecule has 0 bridgehead atoms. The molecular formula is C17H24N2O4S. The van der Waals surface area contributed by atoms with Crippen LogP contribution in [-0.2, 0) is 22.4 Å². The van der Waals surface area contributed by atoms with Crippen molar-refractivity contribution >= 4 is 29.2 Å². The lowest BCUT2D eigenvalue weighted by Crippen LogP contribution is -2.44. The molecule has 0 fully saturated rings. The van der Waals surface area contributed by atoms with Gasteiger partial charge < -0.3 is 10.1 Å². The maximum atomic E-state index is 12.3. The van der Waals surface area contributed by atoms with Gasteiger partial charge >= 0.3 is 12.0 Å². The zero-order valence-electron chi connectivity index (χ0n) is 14.1. The standard InChI is InChI=1S/C17H24N2O4S/c1-3-18-17(22)19-15(20)11(2)23-16(21)14-10-12-8-6-4-5-7-9-13(12)24-14/h10-11H,3-9H2,1-2H3,(H2,18,19,20,22). The van der Waals surface area contributed by atoms with Crippen molar-refractivity contribution in [2.24, 2.45) is 0 Å². The molecular weight excluding hydrogens is 328 g/mol. The van der Waals surface area contributed by atoms with Gasteiger partial charge in [0.05, 0.1) is 0 Å². The molecule has 1 aliphatic rings. The number of thiophene rings is 1. The Bertz CT molecular complexity index is 586. The highest BCUT2D eigenvalue weighted by Crippen LogP contribution is 2.29. The first kappa shape index (κ1) is 18.4. The van der Waals surface area contributed by atoms with Crippen LogP contribution in [0.25, 0.3) is 0 Å². The number of aryl methyl sites for hydroxylation is 2. The molecule has 1 aromatic heterocycles. The molecule has 132 valence electrons. The summed E-state index contributed by atoms with van der Waals surface area (Å²) in [5, 5.41) is 4.59. The van der Waals surface area contributed by atoms with Gasteiger partial charge in [0.25, 0.3) is 5.91 Å². The third-order valence-electron chi connectivity index (χ3n) is 3.92. The fourth-order valence-electron chi connectivity index (χ4n) is 2.64. The lowest BCUT2D eigenvalue weighted by atomic mass is 10.00. The summed E-state index contributed by atoms with van der Waals surface area (Å²) in [5.41, 5.74) is 1.23. The summed E-state index contributed by atoms with van der Waals surface area (Å²) < 4.78 is 5.20. The topological polar surface area (TPSA) is 84.5 Å². The van der Waals surface area contributed by atoms with Crippen LogP contribution in [0, 0.1) is 0 Å². The molecule has 1 aliphatic carbocycles. The fourth-order valence-corrected chi connectivity index (χ4v) is 3.77. The number of esters is 1. The second kappa shape index (κ2) is 8.82. The minimum Gasteiger partial charge on any atom is -0.448 e. The quantitative estimate of drug-likeness (QED) is 0.816. The van der Waals surface area contributed by atoms with Crippen LogP contribution in [0.4, 0.5) is 4.79 Å². The van der Waals surface area contributed by atoms with Crippen LogP contribution < -0.4 is 10.6 Å². The molecule has 0 saturated heterocycles. The van der Waals surface area contributed by atoms with E-state index < -0.39 is 24.0 Å². The van der Waals surface area contributed by atoms with E-state index in [4.69, 9.17) is 4.74 Å². The molecule has 1 aromatic rings. The third-order valence-corrected chi connectivity index (χ3v) is 5.14. The van der Waals surface area contributed by atoms with Crippen molar-refractivity contribution in [3.8, 4) is 0 Å². The number of amides is 3. The molecule has 1 heterocycles. The maximum absolute atomic E-state index is 12.3. The summed E-state index contributed by atoms with van der Waals surface area (Å²) in [6, 6.07) is 1.30. The van der Waals surface area contributed by atoms with E-state index in [1.54, 1.807) is 6.92 Å². The Morgan fingerprint density at radius 1 is 1.21 bits per heavy atom. The predicted octanol–water partition coefficient (Wildman–Crippen LogP) is 2.80. The number of carbonyl (C=O) groups is 3. The predicted molar refractivity (Wildman–Crippen MR) is 92.3 cm³/mol. The van der Waals surface area contributed by atoms with Crippen molar-refractivity contribution in [1.29, 1.82) is 0 Å². The van der Waals surface area contributed by atoms with E-state index in [0.717, 1.165) is 25.7 Å². The molecule has 1 unspecified atom stereocenters. The highest BCUT2D eigenvalue weighted by atomic mass is 32.1. The summed E-state index contributed by atoms with van der Waals surface area (Å²) in [5.74, 6) is -1.14. The summed E-state index contributed by atoms with van der Waals surface area (Å²) >= 11 is 1.46. The average Bonchev–Trinajstić information content (AvgIpc) is 2.89. The minimum absolute atomic E-state index is 0.411. The largest absolute Gasteiger partial charge is 0.448 e. The van der Waals surface area contributed by atoms with Crippen LogP contribution >= 0.6 is 11.3 Å². The van der Waals surface area contributed by atoms with Gasteiger partial charge in [-0.25, -0.2) is 9.59 Å². The zero-order chi connectivity index (χ0) is 17.5. The van der Waals surface area contributed by atoms with Gasteiger partial charge in [-0.15, -0.1) is 11.3 Å². The SMILES string of the molecule is CCNC(=O)NC(=O)C(C)OC(=O)c1cc2c(s1)CCCCCC2. The highest BCUT2D eigenvalue weighted by molar-refractivity contribution is 7.14. The van der Waals surface area contributed by atoms with Crippen molar-refractivity contribution in [2.75, 3.05) is 6.54 Å². The van der Waals surface area contributed by atoms with Gasteiger partial charge in [0, 0.05) is 11.4 Å². The number of nitrogens with one attached hydrogen (secondary N) is 2. The molecule has 7 heteroatoms. The van der Waals surface area contributed by atoms with Gasteiger partial charge in [-0.3, -0.25) is 10.1 Å². The van der Waals surface area contributed by atoms with Gasteiger partial charge in [-0.2, -0.15) is 0 Å². The molecule has 6 nitrogen and oxygen atoms in total. The second-order valence-electron chi connectivity index (χ2n) is 5.87. The number of rotatable bonds is 4. The smallest absolute Gasteiger partial charge is 0.349 e. The Morgan fingerprint density at radius 2 is 1.92 bits per heavy atom. The summed E-state index contributed by atoms with van der Waals surface area (Å²) in [6.07, 6.45) is 5.72. The summed E-state index contributed by atoms with van der Waals surface area (Å²) in [6.45, 7) is 3.61. The average molecular weight is 352 g/mol. The number of ether oxygens (including phenoxy) is 1. The van der Waals surface area contributed by atoms with Crippen molar-refractivity contribution in [2.45, 2.75) is 58.5 Å². The number of fused-ring (bicyclic) bond motifs is 1. The Kier molecular flexibility index (Phi) is 6.78. The molecule has 2 N–H and O–H groups in total. The van der Waals surface area contributed by atoms with Gasteiger partial charge in [0.2, 0.25) is 0 Å². The molecule has 0 aromatic carbocycles. The van der Waals surface area contributed by atoms with Gasteiger partial charge in [0.1, 0.15) is 4.88 Å². The number of carbonyl (C=O) groups excluding carboxylic acids is 3. The lowest BCUT2D eigenvalue weighted by Gasteiger charge is -2.12. The summed E-state index contributed by atoms with van der Waals surface area (Å²) in [7, 11) is 0. The normalized spacial score (nSPS) is 15.4. The van der Waals surface area contributed by atoms with E-state index in [1.807, 2.05) is 6.07 Å². The minimum atomic E-state index is -1.02.